The van der Waals surface area contributed by atoms with Crippen LogP contribution in [0.25, 0.3) is 10.9 Å². The normalized spacial score (nSPS) is 12.1. The summed E-state index contributed by atoms with van der Waals surface area (Å²) in [5.41, 5.74) is 2.99. The molecule has 3 rings (SSSR count). The first-order chi connectivity index (χ1) is 14.9. The molecular weight excluding hydrogens is 430 g/mol. The van der Waals surface area contributed by atoms with Crippen molar-refractivity contribution in [2.75, 3.05) is 23.4 Å². The minimum Gasteiger partial charge on any atom is -0.492 e. The molecule has 0 aliphatic heterocycles. The van der Waals surface area contributed by atoms with Crippen LogP contribution in [-0.4, -0.2) is 37.4 Å². The van der Waals surface area contributed by atoms with Gasteiger partial charge in [0.05, 0.1) is 36.9 Å². The lowest BCUT2D eigenvalue weighted by Gasteiger charge is -2.24. The van der Waals surface area contributed by atoms with Crippen molar-refractivity contribution < 1.29 is 23.1 Å². The van der Waals surface area contributed by atoms with E-state index in [2.05, 4.69) is 10.0 Å². The second-order valence-electron chi connectivity index (χ2n) is 8.78. The number of hydrogen-bond donors (Lipinski definition) is 3. The Morgan fingerprint density at radius 2 is 1.81 bits per heavy atom. The van der Waals surface area contributed by atoms with E-state index in [9.17, 15) is 18.3 Å². The number of fused-ring (bicyclic) bond motifs is 1. The van der Waals surface area contributed by atoms with Gasteiger partial charge in [0.15, 0.2) is 5.75 Å². The highest BCUT2D eigenvalue weighted by Crippen LogP contribution is 2.39. The van der Waals surface area contributed by atoms with Crippen LogP contribution < -0.4 is 14.8 Å². The predicted octanol–water partition coefficient (Wildman–Crippen LogP) is 3.60. The monoisotopic (exact) mass is 459 g/mol. The largest absolute Gasteiger partial charge is 0.492 e. The van der Waals surface area contributed by atoms with Gasteiger partial charge in [-0.25, -0.2) is 8.42 Å². The van der Waals surface area contributed by atoms with Crippen molar-refractivity contribution in [3.05, 3.63) is 53.2 Å². The number of aromatic nitrogens is 1. The van der Waals surface area contributed by atoms with Gasteiger partial charge < -0.3 is 19.7 Å². The summed E-state index contributed by atoms with van der Waals surface area (Å²) in [6.07, 6.45) is 1.06. The van der Waals surface area contributed by atoms with Gasteiger partial charge >= 0.3 is 0 Å². The molecular formula is C23H29N3O5S. The average molecular weight is 460 g/mol. The molecule has 172 valence electrons. The van der Waals surface area contributed by atoms with E-state index >= 15 is 0 Å². The summed E-state index contributed by atoms with van der Waals surface area (Å²) < 4.78 is 33.5. The molecule has 0 aliphatic carbocycles. The maximum atomic E-state index is 13.2. The van der Waals surface area contributed by atoms with Gasteiger partial charge in [-0.1, -0.05) is 39.0 Å². The summed E-state index contributed by atoms with van der Waals surface area (Å²) in [5, 5.41) is 13.4. The SMILES string of the molecule is COc1c(NC(=O)c2cc3cccc(CO)c3n2C)cc(C(C)(C)C)cc1NS(C)(=O)=O. The zero-order valence-electron chi connectivity index (χ0n) is 19.1. The van der Waals surface area contributed by atoms with E-state index in [0.29, 0.717) is 11.4 Å². The van der Waals surface area contributed by atoms with Gasteiger partial charge in [0.1, 0.15) is 5.69 Å². The highest BCUT2D eigenvalue weighted by Gasteiger charge is 2.23. The number of hydrogen-bond acceptors (Lipinski definition) is 5. The van der Waals surface area contributed by atoms with E-state index in [1.165, 1.54) is 7.11 Å². The topological polar surface area (TPSA) is 110 Å². The third-order valence-electron chi connectivity index (χ3n) is 5.25. The Kier molecular flexibility index (Phi) is 6.26. The van der Waals surface area contributed by atoms with Crippen molar-refractivity contribution in [3.8, 4) is 5.75 Å². The fourth-order valence-electron chi connectivity index (χ4n) is 3.68. The summed E-state index contributed by atoms with van der Waals surface area (Å²) in [7, 11) is -0.396. The zero-order chi connectivity index (χ0) is 23.8. The van der Waals surface area contributed by atoms with Crippen LogP contribution in [0.4, 0.5) is 11.4 Å². The third kappa shape index (κ3) is 4.73. The van der Waals surface area contributed by atoms with E-state index in [1.54, 1.807) is 29.8 Å². The second-order valence-corrected chi connectivity index (χ2v) is 10.5. The van der Waals surface area contributed by atoms with Crippen LogP contribution in [0.5, 0.6) is 5.75 Å². The number of para-hydroxylation sites is 1. The summed E-state index contributed by atoms with van der Waals surface area (Å²) in [6.45, 7) is 5.83. The molecule has 0 atom stereocenters. The Labute approximate surface area is 188 Å². The molecule has 3 aromatic rings. The maximum absolute atomic E-state index is 13.2. The molecule has 0 aliphatic rings. The summed E-state index contributed by atoms with van der Waals surface area (Å²) in [5.74, 6) is -0.172. The molecule has 8 nitrogen and oxygen atoms in total. The van der Waals surface area contributed by atoms with Gasteiger partial charge in [0, 0.05) is 18.0 Å². The fraction of sp³-hybridized carbons (Fsp3) is 0.348. The highest BCUT2D eigenvalue weighted by molar-refractivity contribution is 7.92. The Hall–Kier alpha value is -3.04. The molecule has 0 unspecified atom stereocenters. The number of anilines is 2. The number of aliphatic hydroxyl groups excluding tert-OH is 1. The van der Waals surface area contributed by atoms with E-state index in [4.69, 9.17) is 4.74 Å². The number of aliphatic hydroxyl groups is 1. The van der Waals surface area contributed by atoms with E-state index in [-0.39, 0.29) is 29.4 Å². The standard InChI is InChI=1S/C23H29N3O5S/c1-23(2,3)16-11-17(21(31-5)18(12-16)25-32(6,29)30)24-22(28)19-10-14-8-7-9-15(13-27)20(14)26(19)4/h7-12,25,27H,13H2,1-6H3,(H,24,28). The molecule has 1 aromatic heterocycles. The summed E-state index contributed by atoms with van der Waals surface area (Å²) in [6, 6.07) is 10.8. The highest BCUT2D eigenvalue weighted by atomic mass is 32.2. The number of nitrogens with zero attached hydrogens (tertiary/aromatic N) is 1. The van der Waals surface area contributed by atoms with Gasteiger partial charge in [-0.2, -0.15) is 0 Å². The van der Waals surface area contributed by atoms with Crippen LogP contribution in [0.15, 0.2) is 36.4 Å². The third-order valence-corrected chi connectivity index (χ3v) is 5.84. The first-order valence-electron chi connectivity index (χ1n) is 10.1. The lowest BCUT2D eigenvalue weighted by atomic mass is 9.86. The molecule has 0 fully saturated rings. The average Bonchev–Trinajstić information content (AvgIpc) is 3.03. The predicted molar refractivity (Wildman–Crippen MR) is 127 cm³/mol. The van der Waals surface area contributed by atoms with Crippen LogP contribution in [-0.2, 0) is 29.1 Å². The quantitative estimate of drug-likeness (QED) is 0.522. The minimum atomic E-state index is -3.57. The van der Waals surface area contributed by atoms with E-state index in [1.807, 2.05) is 39.0 Å². The van der Waals surface area contributed by atoms with E-state index in [0.717, 1.165) is 28.3 Å². The van der Waals surface area contributed by atoms with Crippen molar-refractivity contribution in [2.45, 2.75) is 32.8 Å². The second kappa shape index (κ2) is 8.48. The molecule has 0 radical (unpaired) electrons. The number of methoxy groups -OCH3 is 1. The Morgan fingerprint density at radius 3 is 2.38 bits per heavy atom. The minimum absolute atomic E-state index is 0.141. The molecule has 1 amide bonds. The van der Waals surface area contributed by atoms with E-state index < -0.39 is 10.0 Å². The number of ether oxygens (including phenoxy) is 1. The van der Waals surface area contributed by atoms with Crippen LogP contribution in [0, 0.1) is 0 Å². The molecule has 0 saturated carbocycles. The van der Waals surface area contributed by atoms with Crippen LogP contribution in [0.1, 0.15) is 42.4 Å². The van der Waals surface area contributed by atoms with Crippen LogP contribution >= 0.6 is 0 Å². The lowest BCUT2D eigenvalue weighted by Crippen LogP contribution is -2.19. The Balaban J connectivity index is 2.12. The summed E-state index contributed by atoms with van der Waals surface area (Å²) in [4.78, 5) is 13.2. The first-order valence-corrected chi connectivity index (χ1v) is 11.9. The van der Waals surface area contributed by atoms with Gasteiger partial charge in [0.25, 0.3) is 5.91 Å². The molecule has 0 saturated heterocycles. The molecule has 1 heterocycles. The van der Waals surface area contributed by atoms with Crippen molar-refractivity contribution >= 4 is 38.2 Å². The molecule has 0 spiro atoms. The number of aryl methyl sites for hydroxylation is 1. The van der Waals surface area contributed by atoms with Gasteiger partial charge in [-0.05, 0) is 29.2 Å². The summed E-state index contributed by atoms with van der Waals surface area (Å²) >= 11 is 0. The maximum Gasteiger partial charge on any atom is 0.272 e. The van der Waals surface area contributed by atoms with Crippen molar-refractivity contribution in [1.82, 2.24) is 4.57 Å². The number of carbonyl (C=O) groups is 1. The van der Waals surface area contributed by atoms with Crippen molar-refractivity contribution in [1.29, 1.82) is 0 Å². The number of amides is 1. The Morgan fingerprint density at radius 1 is 1.16 bits per heavy atom. The molecule has 32 heavy (non-hydrogen) atoms. The van der Waals surface area contributed by atoms with Gasteiger partial charge in [-0.3, -0.25) is 9.52 Å². The van der Waals surface area contributed by atoms with Gasteiger partial charge in [-0.15, -0.1) is 0 Å². The zero-order valence-corrected chi connectivity index (χ0v) is 19.9. The number of nitrogens with one attached hydrogen (secondary N) is 2. The molecule has 0 bridgehead atoms. The number of sulfonamides is 1. The smallest absolute Gasteiger partial charge is 0.272 e. The van der Waals surface area contributed by atoms with Crippen LogP contribution in [0.3, 0.4) is 0 Å². The molecule has 9 heteroatoms. The Bertz CT molecular complexity index is 1290. The number of carbonyl (C=O) groups excluding carboxylic acids is 1. The number of benzene rings is 2. The first kappa shape index (κ1) is 23.6. The van der Waals surface area contributed by atoms with Crippen molar-refractivity contribution in [2.24, 2.45) is 7.05 Å². The fourth-order valence-corrected chi connectivity index (χ4v) is 4.23. The lowest BCUT2D eigenvalue weighted by molar-refractivity contribution is 0.101. The molecule has 3 N–H and O–H groups in total. The van der Waals surface area contributed by atoms with Crippen molar-refractivity contribution in [3.63, 3.8) is 0 Å². The van der Waals surface area contributed by atoms with Gasteiger partial charge in [0.2, 0.25) is 10.0 Å². The molecule has 2 aromatic carbocycles. The number of rotatable bonds is 6. The van der Waals surface area contributed by atoms with Crippen LogP contribution in [0.2, 0.25) is 0 Å².